The van der Waals surface area contributed by atoms with Crippen molar-refractivity contribution in [3.8, 4) is 0 Å². The molecule has 2 rings (SSSR count). The summed E-state index contributed by atoms with van der Waals surface area (Å²) in [7, 11) is 0. The van der Waals surface area contributed by atoms with Crippen molar-refractivity contribution in [1.29, 1.82) is 0 Å². The van der Waals surface area contributed by atoms with Gasteiger partial charge in [0.2, 0.25) is 0 Å². The number of nitro benzene ring substituents is 1. The second kappa shape index (κ2) is 5.14. The average Bonchev–Trinajstić information content (AvgIpc) is 2.26. The fourth-order valence-electron chi connectivity index (χ4n) is 1.73. The molecule has 1 aromatic carbocycles. The third-order valence-corrected chi connectivity index (χ3v) is 2.91. The van der Waals surface area contributed by atoms with E-state index in [1.165, 1.54) is 25.1 Å². The molecule has 6 heteroatoms. The van der Waals surface area contributed by atoms with Crippen molar-refractivity contribution < 1.29 is 14.5 Å². The molecule has 96 valence electrons. The Morgan fingerprint density at radius 3 is 2.83 bits per heavy atom. The van der Waals surface area contributed by atoms with Gasteiger partial charge in [0.05, 0.1) is 11.0 Å². The topological polar surface area (TPSA) is 81.5 Å². The molecule has 0 aliphatic carbocycles. The Balaban J connectivity index is 2.19. The van der Waals surface area contributed by atoms with Crippen LogP contribution in [-0.4, -0.2) is 30.0 Å². The van der Waals surface area contributed by atoms with Crippen molar-refractivity contribution in [2.75, 3.05) is 18.5 Å². The maximum atomic E-state index is 11.3. The highest BCUT2D eigenvalue weighted by Crippen LogP contribution is 2.26. The van der Waals surface area contributed by atoms with Crippen LogP contribution >= 0.6 is 0 Å². The molecule has 0 saturated carbocycles. The second-order valence-corrected chi connectivity index (χ2v) is 4.21. The molecule has 18 heavy (non-hydrogen) atoms. The molecule has 1 heterocycles. The minimum atomic E-state index is -0.464. The van der Waals surface area contributed by atoms with Crippen LogP contribution in [0.25, 0.3) is 0 Å². The second-order valence-electron chi connectivity index (χ2n) is 4.21. The molecule has 1 atom stereocenters. The van der Waals surface area contributed by atoms with Crippen LogP contribution < -0.4 is 5.32 Å². The summed E-state index contributed by atoms with van der Waals surface area (Å²) in [5.41, 5.74) is 0.792. The van der Waals surface area contributed by atoms with E-state index in [1.807, 2.05) is 0 Å². The molecule has 0 amide bonds. The molecule has 1 aliphatic heterocycles. The van der Waals surface area contributed by atoms with Crippen LogP contribution in [0.5, 0.6) is 0 Å². The molecule has 1 saturated heterocycles. The lowest BCUT2D eigenvalue weighted by atomic mass is 10.1. The monoisotopic (exact) mass is 250 g/mol. The average molecular weight is 250 g/mol. The summed E-state index contributed by atoms with van der Waals surface area (Å²) in [6, 6.07) is 4.32. The van der Waals surface area contributed by atoms with E-state index in [2.05, 4.69) is 5.32 Å². The molecule has 1 N–H and O–H groups in total. The van der Waals surface area contributed by atoms with Crippen molar-refractivity contribution in [1.82, 2.24) is 0 Å². The summed E-state index contributed by atoms with van der Waals surface area (Å²) in [6.07, 6.45) is 1.05. The smallest absolute Gasteiger partial charge is 0.292 e. The largest absolute Gasteiger partial charge is 0.377 e. The molecule has 1 fully saturated rings. The lowest BCUT2D eigenvalue weighted by Gasteiger charge is -2.26. The normalized spacial score (nSPS) is 17.9. The van der Waals surface area contributed by atoms with Gasteiger partial charge in [-0.15, -0.1) is 0 Å². The standard InChI is InChI=1S/C12H14N2O4/c1-8(15)9-2-3-12(14(16)17)11(6-9)13-7-10-4-5-18-10/h2-3,6,10,13H,4-5,7H2,1H3/t10-/m0/s1. The first kappa shape index (κ1) is 12.5. The van der Waals surface area contributed by atoms with Crippen LogP contribution in [0.3, 0.4) is 0 Å². The Bertz CT molecular complexity index is 483. The van der Waals surface area contributed by atoms with E-state index >= 15 is 0 Å². The van der Waals surface area contributed by atoms with Gasteiger partial charge in [-0.3, -0.25) is 14.9 Å². The molecule has 0 spiro atoms. The summed E-state index contributed by atoms with van der Waals surface area (Å²) in [4.78, 5) is 21.7. The minimum Gasteiger partial charge on any atom is -0.377 e. The Morgan fingerprint density at radius 1 is 1.61 bits per heavy atom. The third-order valence-electron chi connectivity index (χ3n) is 2.91. The van der Waals surface area contributed by atoms with Gasteiger partial charge in [0, 0.05) is 24.8 Å². The van der Waals surface area contributed by atoms with Gasteiger partial charge >= 0.3 is 0 Å². The number of ketones is 1. The predicted octanol–water partition coefficient (Wildman–Crippen LogP) is 2.00. The fraction of sp³-hybridized carbons (Fsp3) is 0.417. The Morgan fingerprint density at radius 2 is 2.33 bits per heavy atom. The predicted molar refractivity (Wildman–Crippen MR) is 65.9 cm³/mol. The van der Waals surface area contributed by atoms with E-state index in [9.17, 15) is 14.9 Å². The first-order valence-corrected chi connectivity index (χ1v) is 5.73. The fourth-order valence-corrected chi connectivity index (χ4v) is 1.73. The molecule has 0 radical (unpaired) electrons. The van der Waals surface area contributed by atoms with Gasteiger partial charge in [-0.05, 0) is 25.5 Å². The van der Waals surface area contributed by atoms with Crippen LogP contribution in [0.15, 0.2) is 18.2 Å². The van der Waals surface area contributed by atoms with Crippen LogP contribution in [0, 0.1) is 10.1 Å². The molecular weight excluding hydrogens is 236 g/mol. The SMILES string of the molecule is CC(=O)c1ccc([N+](=O)[O-])c(NC[C@@H]2CCO2)c1. The third kappa shape index (κ3) is 2.65. The van der Waals surface area contributed by atoms with Gasteiger partial charge < -0.3 is 10.1 Å². The van der Waals surface area contributed by atoms with Crippen molar-refractivity contribution in [3.05, 3.63) is 33.9 Å². The van der Waals surface area contributed by atoms with Crippen molar-refractivity contribution in [2.24, 2.45) is 0 Å². The maximum absolute atomic E-state index is 11.3. The molecule has 0 bridgehead atoms. The quantitative estimate of drug-likeness (QED) is 0.491. The summed E-state index contributed by atoms with van der Waals surface area (Å²) >= 11 is 0. The molecule has 1 aromatic rings. The molecule has 0 aromatic heterocycles. The number of nitrogens with one attached hydrogen (secondary N) is 1. The van der Waals surface area contributed by atoms with Gasteiger partial charge in [-0.2, -0.15) is 0 Å². The number of hydrogen-bond acceptors (Lipinski definition) is 5. The first-order chi connectivity index (χ1) is 8.58. The zero-order valence-electron chi connectivity index (χ0n) is 10.0. The van der Waals surface area contributed by atoms with Crippen LogP contribution in [-0.2, 0) is 4.74 Å². The number of carbonyl (C=O) groups excluding carboxylic acids is 1. The van der Waals surface area contributed by atoms with E-state index < -0.39 is 4.92 Å². The lowest BCUT2D eigenvalue weighted by molar-refractivity contribution is -0.384. The number of rotatable bonds is 5. The van der Waals surface area contributed by atoms with Crippen LogP contribution in [0.1, 0.15) is 23.7 Å². The molecular formula is C12H14N2O4. The summed E-state index contributed by atoms with van der Waals surface area (Å²) in [5.74, 6) is -0.118. The summed E-state index contributed by atoms with van der Waals surface area (Å²) < 4.78 is 5.23. The molecule has 1 aliphatic rings. The van der Waals surface area contributed by atoms with Crippen LogP contribution in [0.2, 0.25) is 0 Å². The first-order valence-electron chi connectivity index (χ1n) is 5.73. The van der Waals surface area contributed by atoms with Crippen LogP contribution in [0.4, 0.5) is 11.4 Å². The van der Waals surface area contributed by atoms with Crippen molar-refractivity contribution in [3.63, 3.8) is 0 Å². The number of hydrogen-bond donors (Lipinski definition) is 1. The van der Waals surface area contributed by atoms with E-state index in [0.29, 0.717) is 17.8 Å². The number of anilines is 1. The minimum absolute atomic E-state index is 0.0284. The highest BCUT2D eigenvalue weighted by atomic mass is 16.6. The van der Waals surface area contributed by atoms with Crippen molar-refractivity contribution >= 4 is 17.2 Å². The summed E-state index contributed by atoms with van der Waals surface area (Å²) in [6.45, 7) is 2.68. The Labute approximate surface area is 104 Å². The van der Waals surface area contributed by atoms with E-state index in [0.717, 1.165) is 13.0 Å². The van der Waals surface area contributed by atoms with Gasteiger partial charge in [-0.25, -0.2) is 0 Å². The summed E-state index contributed by atoms with van der Waals surface area (Å²) in [5, 5.41) is 13.9. The highest BCUT2D eigenvalue weighted by Gasteiger charge is 2.20. The number of benzene rings is 1. The number of nitrogens with zero attached hydrogens (tertiary/aromatic N) is 1. The molecule has 6 nitrogen and oxygen atoms in total. The molecule has 0 unspecified atom stereocenters. The van der Waals surface area contributed by atoms with Gasteiger partial charge in [-0.1, -0.05) is 0 Å². The van der Waals surface area contributed by atoms with E-state index in [-0.39, 0.29) is 17.6 Å². The van der Waals surface area contributed by atoms with Gasteiger partial charge in [0.1, 0.15) is 5.69 Å². The maximum Gasteiger partial charge on any atom is 0.292 e. The van der Waals surface area contributed by atoms with E-state index in [4.69, 9.17) is 4.74 Å². The number of ether oxygens (including phenoxy) is 1. The Hall–Kier alpha value is -1.95. The Kier molecular flexibility index (Phi) is 3.57. The van der Waals surface area contributed by atoms with Crippen molar-refractivity contribution in [2.45, 2.75) is 19.4 Å². The zero-order chi connectivity index (χ0) is 13.1. The number of carbonyl (C=O) groups is 1. The number of Topliss-reactive ketones (excluding diaryl/α,β-unsaturated/α-hetero) is 1. The zero-order valence-corrected chi connectivity index (χ0v) is 10.0. The van der Waals surface area contributed by atoms with Gasteiger partial charge in [0.15, 0.2) is 5.78 Å². The van der Waals surface area contributed by atoms with Gasteiger partial charge in [0.25, 0.3) is 5.69 Å². The number of nitro groups is 1. The highest BCUT2D eigenvalue weighted by molar-refractivity contribution is 5.95. The van der Waals surface area contributed by atoms with E-state index in [1.54, 1.807) is 0 Å². The lowest BCUT2D eigenvalue weighted by Crippen LogP contribution is -2.33.